The van der Waals surface area contributed by atoms with Gasteiger partial charge < -0.3 is 131 Å². The first kappa shape index (κ1) is 93.6. The number of hydrogen-bond acceptors (Lipinski definition) is 24. The van der Waals surface area contributed by atoms with Gasteiger partial charge in [-0.05, 0) is 122 Å². The lowest BCUT2D eigenvalue weighted by atomic mass is 10.1. The molecule has 6 saturated heterocycles. The molecule has 0 radical (unpaired) electrons. The van der Waals surface area contributed by atoms with Crippen molar-refractivity contribution in [2.75, 3.05) is 64.7 Å². The summed E-state index contributed by atoms with van der Waals surface area (Å²) in [6.07, 6.45) is -1.71. The van der Waals surface area contributed by atoms with Crippen molar-refractivity contribution >= 4 is 137 Å². The zero-order chi connectivity index (χ0) is 85.9. The molecule has 15 unspecified atom stereocenters. The van der Waals surface area contributed by atoms with E-state index >= 15 is 0 Å². The maximum atomic E-state index is 14.9. The molecule has 644 valence electrons. The van der Waals surface area contributed by atoms with Crippen LogP contribution in [0.25, 0.3) is 0 Å². The van der Waals surface area contributed by atoms with Gasteiger partial charge >= 0.3 is 23.9 Å². The first-order chi connectivity index (χ1) is 54.9. The molecule has 47 heteroatoms. The van der Waals surface area contributed by atoms with E-state index in [1.54, 1.807) is 0 Å². The Kier molecular flexibility index (Phi) is 36.0. The summed E-state index contributed by atoms with van der Waals surface area (Å²) in [4.78, 5) is 265. The molecule has 6 heterocycles. The Morgan fingerprint density at radius 2 is 0.707 bits per heavy atom. The number of aliphatic hydroxyl groups is 1. The van der Waals surface area contributed by atoms with Crippen molar-refractivity contribution in [3.05, 3.63) is 0 Å². The maximum Gasteiger partial charge on any atom is 0.326 e. The van der Waals surface area contributed by atoms with E-state index in [4.69, 9.17) is 33.8 Å². The number of aliphatic carboxylic acids is 4. The number of hydrogen-bond donors (Lipinski definition) is 22. The molecule has 25 N–H and O–H groups in total. The van der Waals surface area contributed by atoms with Crippen LogP contribution >= 0.6 is 12.6 Å². The Bertz CT molecular complexity index is 3710. The molecule has 0 aromatic heterocycles. The van der Waals surface area contributed by atoms with Crippen molar-refractivity contribution in [2.24, 2.45) is 22.9 Å². The molecular weight excluding hydrogens is 1550 g/mol. The summed E-state index contributed by atoms with van der Waals surface area (Å²) in [5, 5.41) is 86.6. The van der Waals surface area contributed by atoms with E-state index in [1.807, 2.05) is 16.0 Å². The van der Waals surface area contributed by atoms with Crippen molar-refractivity contribution in [1.29, 1.82) is 10.8 Å². The predicted octanol–water partition coefficient (Wildman–Crippen LogP) is -9.23. The minimum absolute atomic E-state index is 0.00687. The number of guanidine groups is 2. The first-order valence-electron chi connectivity index (χ1n) is 38.4. The highest BCUT2D eigenvalue weighted by Gasteiger charge is 2.51. The molecule has 0 bridgehead atoms. The third-order valence-corrected chi connectivity index (χ3v) is 21.2. The first-order valence-corrected chi connectivity index (χ1v) is 39.1. The largest absolute Gasteiger partial charge is 0.481 e. The second-order valence-corrected chi connectivity index (χ2v) is 29.6. The molecule has 0 spiro atoms. The Morgan fingerprint density at radius 3 is 1.06 bits per heavy atom. The van der Waals surface area contributed by atoms with E-state index in [-0.39, 0.29) is 102 Å². The van der Waals surface area contributed by atoms with Gasteiger partial charge in [0.15, 0.2) is 11.9 Å². The smallest absolute Gasteiger partial charge is 0.326 e. The number of primary amides is 1. The van der Waals surface area contributed by atoms with E-state index in [0.717, 1.165) is 6.92 Å². The summed E-state index contributed by atoms with van der Waals surface area (Å²) in [5.41, 5.74) is 22.1. The van der Waals surface area contributed by atoms with Crippen molar-refractivity contribution in [1.82, 2.24) is 82.6 Å². The number of carboxylic acid groups (broad SMARTS) is 4. The predicted molar refractivity (Wildman–Crippen MR) is 404 cm³/mol. The van der Waals surface area contributed by atoms with Gasteiger partial charge in [0.1, 0.15) is 84.6 Å². The van der Waals surface area contributed by atoms with Gasteiger partial charge in [-0.2, -0.15) is 12.6 Å². The Hall–Kier alpha value is -11.3. The fourth-order valence-electron chi connectivity index (χ4n) is 14.9. The lowest BCUT2D eigenvalue weighted by molar-refractivity contribution is -0.154. The van der Waals surface area contributed by atoms with Crippen LogP contribution in [-0.4, -0.2) is 335 Å². The highest BCUT2D eigenvalue weighted by molar-refractivity contribution is 7.80. The van der Waals surface area contributed by atoms with Crippen LogP contribution in [0, 0.1) is 10.8 Å². The van der Waals surface area contributed by atoms with Gasteiger partial charge in [-0.25, -0.2) is 4.79 Å². The van der Waals surface area contributed by atoms with Gasteiger partial charge in [0.05, 0.1) is 25.5 Å². The molecule has 0 aliphatic carbocycles. The van der Waals surface area contributed by atoms with Crippen LogP contribution in [0.15, 0.2) is 0 Å². The lowest BCUT2D eigenvalue weighted by Gasteiger charge is -2.37. The molecular formula is C69H108N22O24S. The van der Waals surface area contributed by atoms with Gasteiger partial charge in [0.2, 0.25) is 88.6 Å². The number of rotatable bonds is 43. The van der Waals surface area contributed by atoms with Crippen LogP contribution < -0.4 is 76.1 Å². The van der Waals surface area contributed by atoms with E-state index in [0.29, 0.717) is 64.3 Å². The minimum atomic E-state index is -2.19. The van der Waals surface area contributed by atoms with Crippen molar-refractivity contribution in [3.8, 4) is 0 Å². The average molecular weight is 1660 g/mol. The van der Waals surface area contributed by atoms with E-state index in [2.05, 4.69) is 49.8 Å². The zero-order valence-corrected chi connectivity index (χ0v) is 65.1. The minimum Gasteiger partial charge on any atom is -0.481 e. The van der Waals surface area contributed by atoms with E-state index in [9.17, 15) is 117 Å². The molecule has 0 aromatic carbocycles. The van der Waals surface area contributed by atoms with Crippen molar-refractivity contribution in [2.45, 2.75) is 239 Å². The second kappa shape index (κ2) is 44.6. The van der Waals surface area contributed by atoms with Crippen LogP contribution in [-0.2, 0) is 91.1 Å². The second-order valence-electron chi connectivity index (χ2n) is 29.2. The number of amides is 15. The Morgan fingerprint density at radius 1 is 0.397 bits per heavy atom. The molecule has 116 heavy (non-hydrogen) atoms. The summed E-state index contributed by atoms with van der Waals surface area (Å²) in [6, 6.07) is -21.8. The monoisotopic (exact) mass is 1660 g/mol. The number of aliphatic hydroxyl groups excluding tert-OH is 1. The summed E-state index contributed by atoms with van der Waals surface area (Å²) >= 11 is 4.16. The van der Waals surface area contributed by atoms with Crippen molar-refractivity contribution in [3.63, 3.8) is 0 Å². The summed E-state index contributed by atoms with van der Waals surface area (Å²) in [5.74, 6) is -21.1. The molecule has 15 amide bonds. The summed E-state index contributed by atoms with van der Waals surface area (Å²) in [6.45, 7) is 0.974. The lowest BCUT2D eigenvalue weighted by Crippen LogP contribution is -2.61. The van der Waals surface area contributed by atoms with Crippen LogP contribution in [0.1, 0.15) is 148 Å². The molecule has 0 saturated carbocycles. The van der Waals surface area contributed by atoms with Gasteiger partial charge in [-0.15, -0.1) is 0 Å². The SMILES string of the molecule is CC(NC(=O)C(CO)NC(=O)C(CCCNC(=N)N)NC(=O)C(CCCNC(=N)N)NC(=O)C1CCCN1C(=O)C1CCCN1C(=O)C1CCCN1C(=O)C1CCCN1C(=O)C1CCCN1C(=O)C1CCCN1C(=O)C(N)CS)C(=O)NC(CCC(=O)O)C(=O)NC(CC(=O)O)C(=O)NC(CCC(=O)O)C(=O)NC(CC(N)=O)C(=O)O. The third kappa shape index (κ3) is 26.4. The highest BCUT2D eigenvalue weighted by atomic mass is 32.1. The van der Waals surface area contributed by atoms with Gasteiger partial charge in [-0.3, -0.25) is 97.1 Å². The number of nitrogens with two attached hydrogens (primary N) is 4. The molecule has 15 atom stereocenters. The number of carboxylic acids is 4. The Balaban J connectivity index is 1.12. The van der Waals surface area contributed by atoms with E-state index < -0.39 is 254 Å². The number of carbonyl (C=O) groups is 19. The van der Waals surface area contributed by atoms with Crippen LogP contribution in [0.3, 0.4) is 0 Å². The highest BCUT2D eigenvalue weighted by Crippen LogP contribution is 2.33. The topological polar surface area (TPSA) is 717 Å². The fraction of sp³-hybridized carbons (Fsp3) is 0.696. The number of nitrogens with zero attached hydrogens (tertiary/aromatic N) is 6. The molecule has 6 rings (SSSR count). The fourth-order valence-corrected chi connectivity index (χ4v) is 15.1. The normalized spacial score (nSPS) is 21.3. The van der Waals surface area contributed by atoms with Crippen molar-refractivity contribution < 1.29 is 117 Å². The zero-order valence-electron chi connectivity index (χ0n) is 64.2. The molecule has 0 aromatic rings. The van der Waals surface area contributed by atoms with Gasteiger partial charge in [-0.1, -0.05) is 0 Å². The van der Waals surface area contributed by atoms with Crippen LogP contribution in [0.2, 0.25) is 0 Å². The van der Waals surface area contributed by atoms with E-state index in [1.165, 1.54) is 29.4 Å². The number of likely N-dealkylation sites (tertiary alicyclic amines) is 6. The maximum absolute atomic E-state index is 14.9. The number of nitrogens with one attached hydrogen (secondary N) is 12. The quantitative estimate of drug-likeness (QED) is 0.0117. The van der Waals surface area contributed by atoms with Gasteiger partial charge in [0, 0.05) is 71.0 Å². The molecule has 6 aliphatic heterocycles. The third-order valence-electron chi connectivity index (χ3n) is 20.9. The Labute approximate surface area is 671 Å². The number of carbonyl (C=O) groups excluding carboxylic acids is 15. The molecule has 6 aliphatic rings. The molecule has 6 fully saturated rings. The molecule has 46 nitrogen and oxygen atoms in total. The van der Waals surface area contributed by atoms with Crippen LogP contribution in [0.4, 0.5) is 0 Å². The average Bonchev–Trinajstić information content (AvgIpc) is 1.62. The summed E-state index contributed by atoms with van der Waals surface area (Å²) < 4.78 is 0. The summed E-state index contributed by atoms with van der Waals surface area (Å²) in [7, 11) is 0. The van der Waals surface area contributed by atoms with Gasteiger partial charge in [0.25, 0.3) is 0 Å². The standard InChI is InChI=1S/C69H108N22O24S/c1-34(53(100)79-38(18-20-50(94)95)56(103)83-40(31-52(98)99)58(105)81-39(19-21-51(96)97)57(104)84-41(67(114)115)30-49(71)93)78-59(106)42(32-92)85-55(102)36(10-2-22-76-68(72)73)80-54(101)37(11-3-23-77-69(74)75)82-60(107)43-12-4-24-86(43)62(109)45-14-6-26-88(45)64(111)47-16-8-28-90(47)66(113)48-17-9-29-91(48)65(112)46-15-7-27-89(46)63(110)44-13-5-25-87(44)61(108)35(70)33-116/h34-48,92,116H,2-33,70H2,1H3,(H2,71,93)(H,78,106)(H,79,100)(H,80,101)(H,81,105)(H,82,107)(H,83,103)(H,84,104)(H,85,102)(H,94,95)(H,96,97)(H,98,99)(H,114,115)(H4,72,73,76)(H4,74,75,77). The number of thiol groups is 1. The van der Waals surface area contributed by atoms with Crippen LogP contribution in [0.5, 0.6) is 0 Å².